The molecule has 5 heteroatoms. The van der Waals surface area contributed by atoms with Crippen LogP contribution in [0.4, 0.5) is 4.39 Å². The molecule has 1 unspecified atom stereocenters. The molecule has 2 aromatic rings. The van der Waals surface area contributed by atoms with Gasteiger partial charge in [0.25, 0.3) is 0 Å². The van der Waals surface area contributed by atoms with E-state index in [0.717, 1.165) is 36.6 Å². The van der Waals surface area contributed by atoms with Gasteiger partial charge in [0.05, 0.1) is 17.1 Å². The second kappa shape index (κ2) is 4.40. The number of H-pyrrole nitrogens is 1. The quantitative estimate of drug-likeness (QED) is 0.856. The number of nitrogens with one attached hydrogen (secondary N) is 1. The van der Waals surface area contributed by atoms with Crippen molar-refractivity contribution in [2.75, 3.05) is 13.1 Å². The molecule has 2 heterocycles. The van der Waals surface area contributed by atoms with Crippen molar-refractivity contribution in [1.29, 1.82) is 0 Å². The molecule has 2 aliphatic rings. The Morgan fingerprint density at radius 3 is 2.80 bits per heavy atom. The number of hydrogen-bond donors (Lipinski definition) is 1. The molecule has 0 radical (unpaired) electrons. The molecule has 1 aromatic carbocycles. The van der Waals surface area contributed by atoms with Crippen LogP contribution in [0.25, 0.3) is 11.0 Å². The van der Waals surface area contributed by atoms with Crippen LogP contribution in [0.5, 0.6) is 0 Å². The van der Waals surface area contributed by atoms with E-state index < -0.39 is 0 Å². The van der Waals surface area contributed by atoms with Crippen LogP contribution >= 0.6 is 12.2 Å². The summed E-state index contributed by atoms with van der Waals surface area (Å²) in [6.07, 6.45) is 3.82. The van der Waals surface area contributed by atoms with E-state index in [0.29, 0.717) is 16.4 Å². The lowest BCUT2D eigenvalue weighted by molar-refractivity contribution is 0.314. The second-order valence-electron chi connectivity index (χ2n) is 6.09. The number of aromatic nitrogens is 2. The van der Waals surface area contributed by atoms with Crippen molar-refractivity contribution in [2.24, 2.45) is 0 Å². The molecule has 0 amide bonds. The first-order chi connectivity index (χ1) is 9.63. The fourth-order valence-electron chi connectivity index (χ4n) is 3.36. The highest BCUT2D eigenvalue weighted by molar-refractivity contribution is 7.71. The number of rotatable bonds is 2. The summed E-state index contributed by atoms with van der Waals surface area (Å²) in [4.78, 5) is 5.72. The van der Waals surface area contributed by atoms with Gasteiger partial charge >= 0.3 is 0 Å². The lowest BCUT2D eigenvalue weighted by atomic mass is 10.2. The minimum Gasteiger partial charge on any atom is -0.330 e. The molecule has 4 rings (SSSR count). The van der Waals surface area contributed by atoms with Crippen molar-refractivity contribution in [3.63, 3.8) is 0 Å². The molecule has 1 saturated heterocycles. The minimum atomic E-state index is -0.174. The van der Waals surface area contributed by atoms with E-state index in [1.54, 1.807) is 13.0 Å². The van der Waals surface area contributed by atoms with Crippen molar-refractivity contribution in [2.45, 2.75) is 38.3 Å². The Kier molecular flexibility index (Phi) is 2.76. The molecule has 1 aromatic heterocycles. The topological polar surface area (TPSA) is 24.0 Å². The molecule has 2 fully saturated rings. The lowest BCUT2D eigenvalue weighted by Crippen LogP contribution is -2.23. The van der Waals surface area contributed by atoms with Crippen LogP contribution in [0.3, 0.4) is 0 Å². The van der Waals surface area contributed by atoms with Gasteiger partial charge in [-0.05, 0) is 56.1 Å². The van der Waals surface area contributed by atoms with Crippen LogP contribution in [-0.4, -0.2) is 33.6 Å². The highest BCUT2D eigenvalue weighted by Gasteiger charge is 2.35. The number of nitrogens with zero attached hydrogens (tertiary/aromatic N) is 2. The molecule has 1 atom stereocenters. The maximum absolute atomic E-state index is 13.7. The van der Waals surface area contributed by atoms with E-state index in [9.17, 15) is 4.39 Å². The fraction of sp³-hybridized carbons (Fsp3) is 0.533. The molecule has 1 N–H and O–H groups in total. The summed E-state index contributed by atoms with van der Waals surface area (Å²) in [5.74, 6) is -0.174. The highest BCUT2D eigenvalue weighted by Crippen LogP contribution is 2.35. The number of fused-ring (bicyclic) bond motifs is 1. The van der Waals surface area contributed by atoms with Crippen LogP contribution in [0.1, 0.15) is 30.9 Å². The first-order valence-corrected chi connectivity index (χ1v) is 7.69. The normalized spacial score (nSPS) is 23.8. The molecule has 1 aliphatic heterocycles. The zero-order chi connectivity index (χ0) is 13.9. The summed E-state index contributed by atoms with van der Waals surface area (Å²) in [6, 6.07) is 4.70. The van der Waals surface area contributed by atoms with Gasteiger partial charge in [0, 0.05) is 19.1 Å². The first-order valence-electron chi connectivity index (χ1n) is 7.28. The number of likely N-dealkylation sites (tertiary alicyclic amines) is 1. The third-order valence-corrected chi connectivity index (χ3v) is 4.92. The van der Waals surface area contributed by atoms with Gasteiger partial charge in [-0.3, -0.25) is 4.90 Å². The molecule has 106 valence electrons. The number of imidazole rings is 1. The maximum Gasteiger partial charge on any atom is 0.178 e. The number of aromatic amines is 1. The predicted molar refractivity (Wildman–Crippen MR) is 80.1 cm³/mol. The highest BCUT2D eigenvalue weighted by atomic mass is 32.1. The van der Waals surface area contributed by atoms with E-state index >= 15 is 0 Å². The second-order valence-corrected chi connectivity index (χ2v) is 6.47. The van der Waals surface area contributed by atoms with Gasteiger partial charge in [-0.15, -0.1) is 0 Å². The van der Waals surface area contributed by atoms with Gasteiger partial charge in [0.1, 0.15) is 5.82 Å². The molecular weight excluding hydrogens is 273 g/mol. The summed E-state index contributed by atoms with van der Waals surface area (Å²) in [7, 11) is 0. The Bertz CT molecular complexity index is 729. The Morgan fingerprint density at radius 2 is 2.05 bits per heavy atom. The Labute approximate surface area is 122 Å². The average Bonchev–Trinajstić information content (AvgIpc) is 3.06. The number of hydrogen-bond acceptors (Lipinski definition) is 2. The van der Waals surface area contributed by atoms with Gasteiger partial charge in [-0.1, -0.05) is 0 Å². The van der Waals surface area contributed by atoms with Crippen molar-refractivity contribution in [3.8, 4) is 0 Å². The van der Waals surface area contributed by atoms with Gasteiger partial charge in [0.2, 0.25) is 0 Å². The molecule has 3 nitrogen and oxygen atoms in total. The smallest absolute Gasteiger partial charge is 0.178 e. The SMILES string of the molecule is Cc1cc2c(cc1F)[nH]c(=S)n2C1CCN(C2CC2)C1. The van der Waals surface area contributed by atoms with Crippen LogP contribution < -0.4 is 0 Å². The zero-order valence-electron chi connectivity index (χ0n) is 11.5. The van der Waals surface area contributed by atoms with Crippen LogP contribution in [-0.2, 0) is 0 Å². The Balaban J connectivity index is 1.77. The van der Waals surface area contributed by atoms with E-state index in [1.807, 2.05) is 6.07 Å². The summed E-state index contributed by atoms with van der Waals surface area (Å²) in [6.45, 7) is 4.03. The molecule has 1 aliphatic carbocycles. The van der Waals surface area contributed by atoms with Gasteiger partial charge in [-0.2, -0.15) is 0 Å². The summed E-state index contributed by atoms with van der Waals surface area (Å²) in [5, 5.41) is 0. The van der Waals surface area contributed by atoms with Gasteiger partial charge in [0.15, 0.2) is 4.77 Å². The predicted octanol–water partition coefficient (Wildman–Crippen LogP) is 3.56. The number of benzene rings is 1. The first kappa shape index (κ1) is 12.5. The number of halogens is 1. The molecule has 1 saturated carbocycles. The third-order valence-electron chi connectivity index (χ3n) is 4.62. The van der Waals surface area contributed by atoms with Crippen LogP contribution in [0.2, 0.25) is 0 Å². The average molecular weight is 291 g/mol. The van der Waals surface area contributed by atoms with E-state index in [2.05, 4.69) is 14.5 Å². The van der Waals surface area contributed by atoms with E-state index in [-0.39, 0.29) is 5.82 Å². The fourth-order valence-corrected chi connectivity index (χ4v) is 3.72. The van der Waals surface area contributed by atoms with Crippen molar-refractivity contribution in [3.05, 3.63) is 28.3 Å². The zero-order valence-corrected chi connectivity index (χ0v) is 12.3. The maximum atomic E-state index is 13.7. The standard InChI is InChI=1S/C15H18FN3S/c1-9-6-14-13(7-12(9)16)17-15(20)19(14)11-4-5-18(8-11)10-2-3-10/h6-7,10-11H,2-5,8H2,1H3,(H,17,20). The lowest BCUT2D eigenvalue weighted by Gasteiger charge is -2.16. The largest absolute Gasteiger partial charge is 0.330 e. The third kappa shape index (κ3) is 1.91. The molecule has 20 heavy (non-hydrogen) atoms. The van der Waals surface area contributed by atoms with Gasteiger partial charge in [-0.25, -0.2) is 4.39 Å². The molecule has 0 spiro atoms. The molecule has 0 bridgehead atoms. The van der Waals surface area contributed by atoms with E-state index in [1.165, 1.54) is 12.8 Å². The van der Waals surface area contributed by atoms with Crippen LogP contribution in [0, 0.1) is 17.5 Å². The monoisotopic (exact) mass is 291 g/mol. The van der Waals surface area contributed by atoms with Crippen molar-refractivity contribution >= 4 is 23.3 Å². The number of aryl methyl sites for hydroxylation is 1. The van der Waals surface area contributed by atoms with E-state index in [4.69, 9.17) is 12.2 Å². The molecular formula is C15H18FN3S. The summed E-state index contributed by atoms with van der Waals surface area (Å²) >= 11 is 5.46. The minimum absolute atomic E-state index is 0.174. The van der Waals surface area contributed by atoms with Crippen molar-refractivity contribution in [1.82, 2.24) is 14.5 Å². The van der Waals surface area contributed by atoms with Crippen molar-refractivity contribution < 1.29 is 4.39 Å². The summed E-state index contributed by atoms with van der Waals surface area (Å²) in [5.41, 5.74) is 2.52. The Morgan fingerprint density at radius 1 is 1.25 bits per heavy atom. The Hall–Kier alpha value is -1.20. The van der Waals surface area contributed by atoms with Gasteiger partial charge < -0.3 is 9.55 Å². The van der Waals surface area contributed by atoms with Crippen LogP contribution in [0.15, 0.2) is 12.1 Å². The summed E-state index contributed by atoms with van der Waals surface area (Å²) < 4.78 is 16.6.